The van der Waals surface area contributed by atoms with Crippen LogP contribution in [-0.2, 0) is 24.6 Å². The molecule has 5 atom stereocenters. The van der Waals surface area contributed by atoms with E-state index in [1.165, 1.54) is 116 Å². The van der Waals surface area contributed by atoms with Crippen LogP contribution in [-0.4, -0.2) is 80.3 Å². The number of hydrogen-bond donors (Lipinski definition) is 3. The molecule has 7 aromatic carbocycles. The molecule has 0 fully saturated rings. The molecule has 31 heteroatoms. The van der Waals surface area contributed by atoms with Crippen molar-refractivity contribution in [3.8, 4) is 0 Å². The Morgan fingerprint density at radius 2 is 1.01 bits per heavy atom. The quantitative estimate of drug-likeness (QED) is 0.00938. The van der Waals surface area contributed by atoms with Gasteiger partial charge in [0, 0.05) is 73.6 Å². The Hall–Kier alpha value is -5.26. The number of benzene rings is 7. The number of nitro benzene ring substituents is 2. The van der Waals surface area contributed by atoms with Crippen LogP contribution in [0.5, 0.6) is 0 Å². The molecule has 0 aliphatic carbocycles. The molecule has 0 aliphatic rings. The highest BCUT2D eigenvalue weighted by Crippen LogP contribution is 2.31. The normalized spacial score (nSPS) is 12.2. The Labute approximate surface area is 640 Å². The molecule has 0 unspecified atom stereocenters. The van der Waals surface area contributed by atoms with Gasteiger partial charge in [0.25, 0.3) is 11.4 Å². The number of nitrogens with one attached hydrogen (secondary N) is 1. The van der Waals surface area contributed by atoms with Crippen LogP contribution < -0.4 is 11.1 Å². The van der Waals surface area contributed by atoms with Crippen molar-refractivity contribution in [1.29, 1.82) is 0 Å². The van der Waals surface area contributed by atoms with Crippen molar-refractivity contribution >= 4 is 150 Å². The number of aliphatic hydroxyl groups excluding tert-OH is 1. The molecule has 0 aromatic heterocycles. The predicted molar refractivity (Wildman–Crippen MR) is 421 cm³/mol. The van der Waals surface area contributed by atoms with Crippen molar-refractivity contribution in [2.45, 2.75) is 123 Å². The van der Waals surface area contributed by atoms with Crippen LogP contribution >= 0.6 is 113 Å². The second-order valence-electron chi connectivity index (χ2n) is 21.6. The summed E-state index contributed by atoms with van der Waals surface area (Å²) in [5.41, 5.74) is 16.1. The topological polar surface area (TPSA) is 291 Å². The lowest BCUT2D eigenvalue weighted by Crippen LogP contribution is -2.34. The third kappa shape index (κ3) is 32.6. The number of nitrogens with zero attached hydrogens (tertiary/aromatic N) is 6. The van der Waals surface area contributed by atoms with E-state index in [-0.39, 0.29) is 101 Å². The summed E-state index contributed by atoms with van der Waals surface area (Å²) < 4.78 is 126. The molecule has 7 rings (SSSR count). The number of hydrogen-bond acceptors (Lipinski definition) is 13. The molecule has 0 bridgehead atoms. The fraction of sp³-hybridized carbons (Fsp3) is 0.328. The molecule has 7 aromatic rings. The highest BCUT2D eigenvalue weighted by atomic mass is 127. The number of carbonyl (C=O) groups excluding carboxylic acids is 1. The van der Waals surface area contributed by atoms with E-state index in [1.807, 2.05) is 93.8 Å². The summed E-state index contributed by atoms with van der Waals surface area (Å²) in [5, 5.41) is 37.0. The van der Waals surface area contributed by atoms with E-state index < -0.39 is 75.6 Å². The molecule has 98 heavy (non-hydrogen) atoms. The molecule has 19 nitrogen and oxygen atoms in total. The summed E-state index contributed by atoms with van der Waals surface area (Å²) in [7, 11) is -6.64. The van der Waals surface area contributed by atoms with E-state index in [0.29, 0.717) is 26.8 Å². The number of halogens is 10. The number of ether oxygens (including phenoxy) is 1. The molecule has 538 valence electrons. The molecule has 0 saturated carbocycles. The largest absolute Gasteiger partial charge is 0.444 e. The van der Waals surface area contributed by atoms with E-state index >= 15 is 0 Å². The number of nitro groups is 2. The maximum atomic E-state index is 13.5. The molecule has 0 spiro atoms. The Morgan fingerprint density at radius 1 is 0.653 bits per heavy atom. The molecular weight excluding hydrogens is 1890 g/mol. The Kier molecular flexibility index (Phi) is 43.4. The molecule has 1 amide bonds. The number of carbonyl (C=O) groups is 1. The highest BCUT2D eigenvalue weighted by molar-refractivity contribution is 14.1. The minimum absolute atomic E-state index is 0. The number of amides is 1. The smallest absolute Gasteiger partial charge is 0.408 e. The van der Waals surface area contributed by atoms with E-state index in [1.54, 1.807) is 45.9 Å². The van der Waals surface area contributed by atoms with Crippen molar-refractivity contribution < 1.29 is 63.3 Å². The van der Waals surface area contributed by atoms with Gasteiger partial charge in [-0.2, -0.15) is 4.31 Å². The average molecular weight is 1970 g/mol. The lowest BCUT2D eigenvalue weighted by Gasteiger charge is -2.22. The molecule has 0 saturated heterocycles. The fourth-order valence-electron chi connectivity index (χ4n) is 8.16. The standard InChI is InChI=1S/C16H15FINO4S.C15H15FIN3O4S.C14H17FINO2.C9H9FIN3.C9H10FIO.4CH4/c1-11(12-8-13(17)10-14(18)9-12)6-7-24(22,23)16-5-3-2-4-15(16)19(20)21;1-19(9-13(18)10-6-11(16)8-12(17)7-10)25(23,24)15-5-3-2-4-14(15)20(21)22;1-5-12(17-13(18)19-14(2,3)4)9-6-10(15)8-11(16)7-9;1-6(5-13-14-12)7-2-8(10)4-9(11)3-7;1-6(5-12)7-2-8(10)4-9(11)3-7;;;;/h2-5,8-11H,6-7H2,1H3;2-8,13H,9,18H2,1H3;5-8,12H,1H2,2-4H3,(H,17,18);2-4,6H,5H2,1H3;2-4,6,12H,5H2,1H3;4*1H4/t11-;13-;12-;2*6-;;;;/m11111..../s1. The van der Waals surface area contributed by atoms with E-state index in [0.717, 1.165) is 35.8 Å². The number of sulfonamides is 1. The number of aliphatic hydroxyl groups is 1. The lowest BCUT2D eigenvalue weighted by molar-refractivity contribution is -0.388. The van der Waals surface area contributed by atoms with Gasteiger partial charge in [0.2, 0.25) is 10.0 Å². The van der Waals surface area contributed by atoms with Crippen LogP contribution in [0.3, 0.4) is 0 Å². The minimum Gasteiger partial charge on any atom is -0.444 e. The van der Waals surface area contributed by atoms with Gasteiger partial charge < -0.3 is 20.9 Å². The van der Waals surface area contributed by atoms with E-state index in [4.69, 9.17) is 21.1 Å². The number of likely N-dealkylation sites (N-methyl/N-ethyl adjacent to an activating group) is 1. The first-order chi connectivity index (χ1) is 43.8. The molecule has 0 radical (unpaired) electrons. The fourth-order valence-corrected chi connectivity index (χ4v) is 14.4. The highest BCUT2D eigenvalue weighted by Gasteiger charge is 2.31. The molecule has 0 heterocycles. The maximum Gasteiger partial charge on any atom is 0.408 e. The van der Waals surface area contributed by atoms with E-state index in [2.05, 4.69) is 67.1 Å². The van der Waals surface area contributed by atoms with Gasteiger partial charge in [0.1, 0.15) is 39.6 Å². The second-order valence-corrected chi connectivity index (χ2v) is 31.9. The van der Waals surface area contributed by atoms with E-state index in [9.17, 15) is 63.8 Å². The van der Waals surface area contributed by atoms with Crippen LogP contribution in [0.2, 0.25) is 0 Å². The average Bonchev–Trinajstić information content (AvgIpc) is 0.804. The number of alkyl carbamates (subject to hydrolysis) is 1. The van der Waals surface area contributed by atoms with Gasteiger partial charge >= 0.3 is 6.09 Å². The van der Waals surface area contributed by atoms with Gasteiger partial charge in [-0.15, -0.1) is 6.58 Å². The minimum atomic E-state index is -4.12. The summed E-state index contributed by atoms with van der Waals surface area (Å²) in [4.78, 5) is 34.3. The lowest BCUT2D eigenvalue weighted by atomic mass is 9.99. The van der Waals surface area contributed by atoms with Gasteiger partial charge in [0.15, 0.2) is 14.7 Å². The Bertz CT molecular complexity index is 3970. The second kappa shape index (κ2) is 44.9. The van der Waals surface area contributed by atoms with Crippen molar-refractivity contribution in [3.05, 3.63) is 258 Å². The summed E-state index contributed by atoms with van der Waals surface area (Å²) in [6.07, 6.45) is 1.22. The SMILES string of the molecule is C.C.C.C.C=C[C@@H](NC(=O)OC(C)(C)C)c1cc(F)cc(I)c1.CN(C[C@@H](N)c1cc(F)cc(I)c1)S(=O)(=O)c1ccccc1[N+](=O)[O-].C[C@H](CCS(=O)(=O)c1ccccc1[N+](=O)[O-])c1cc(F)cc(I)c1.C[C@H](CN=[N+]=[N-])c1cc(F)cc(I)c1.C[C@H](CO)c1cc(F)cc(I)c1. The monoisotopic (exact) mass is 1970 g/mol. The third-order valence-electron chi connectivity index (χ3n) is 12.9. The number of azide groups is 1. The first kappa shape index (κ1) is 94.8. The van der Waals surface area contributed by atoms with Crippen LogP contribution in [0.25, 0.3) is 10.4 Å². The van der Waals surface area contributed by atoms with Gasteiger partial charge in [0.05, 0.1) is 21.6 Å². The molecular formula is C67H82F5I5N8O11S2. The zero-order valence-electron chi connectivity index (χ0n) is 51.4. The van der Waals surface area contributed by atoms with Crippen LogP contribution in [0.4, 0.5) is 38.1 Å². The summed E-state index contributed by atoms with van der Waals surface area (Å²) in [6, 6.07) is 32.1. The van der Waals surface area contributed by atoms with Crippen LogP contribution in [0.15, 0.2) is 167 Å². The first-order valence-corrected chi connectivity index (χ1v) is 36.2. The van der Waals surface area contributed by atoms with Gasteiger partial charge in [-0.25, -0.2) is 43.6 Å². The van der Waals surface area contributed by atoms with Crippen LogP contribution in [0.1, 0.15) is 135 Å². The number of para-hydroxylation sites is 2. The van der Waals surface area contributed by atoms with Crippen molar-refractivity contribution in [1.82, 2.24) is 9.62 Å². The predicted octanol–water partition coefficient (Wildman–Crippen LogP) is 20.1. The number of sulfone groups is 1. The summed E-state index contributed by atoms with van der Waals surface area (Å²) in [5.74, 6) is -2.05. The molecule has 0 aliphatic heterocycles. The van der Waals surface area contributed by atoms with Crippen molar-refractivity contribution in [3.63, 3.8) is 0 Å². The maximum absolute atomic E-state index is 13.5. The molecule has 4 N–H and O–H groups in total. The number of rotatable bonds is 20. The van der Waals surface area contributed by atoms with Crippen molar-refractivity contribution in [2.75, 3.05) is 32.5 Å². The Morgan fingerprint density at radius 3 is 1.40 bits per heavy atom. The van der Waals surface area contributed by atoms with Gasteiger partial charge in [-0.05, 0) is 288 Å². The van der Waals surface area contributed by atoms with Crippen LogP contribution in [0, 0.1) is 67.2 Å². The summed E-state index contributed by atoms with van der Waals surface area (Å²) in [6.45, 7) is 14.8. The van der Waals surface area contributed by atoms with Crippen molar-refractivity contribution in [2.24, 2.45) is 10.8 Å². The zero-order valence-corrected chi connectivity index (χ0v) is 63.8. The van der Waals surface area contributed by atoms with Gasteiger partial charge in [-0.1, -0.05) is 85.9 Å². The van der Waals surface area contributed by atoms with Gasteiger partial charge in [-0.3, -0.25) is 20.2 Å². The number of nitrogens with two attached hydrogens (primary N) is 1. The Balaban J connectivity index is 0. The first-order valence-electron chi connectivity index (χ1n) is 27.8. The third-order valence-corrected chi connectivity index (χ3v) is 19.7. The summed E-state index contributed by atoms with van der Waals surface area (Å²) >= 11 is 10.1. The zero-order chi connectivity index (χ0) is 71.0.